The van der Waals surface area contributed by atoms with Gasteiger partial charge in [0.25, 0.3) is 0 Å². The van der Waals surface area contributed by atoms with Gasteiger partial charge in [-0.15, -0.1) is 0 Å². The van der Waals surface area contributed by atoms with Gasteiger partial charge in [0, 0.05) is 20.3 Å². The van der Waals surface area contributed by atoms with Crippen LogP contribution in [0, 0.1) is 5.92 Å². The van der Waals surface area contributed by atoms with Crippen molar-refractivity contribution < 1.29 is 9.53 Å². The van der Waals surface area contributed by atoms with Crippen molar-refractivity contribution in [1.82, 2.24) is 5.32 Å². The van der Waals surface area contributed by atoms with E-state index in [1.807, 2.05) is 6.92 Å². The highest BCUT2D eigenvalue weighted by atomic mass is 16.5. The Bertz CT molecular complexity index is 225. The Balaban J connectivity index is 2.06. The van der Waals surface area contributed by atoms with E-state index < -0.39 is 5.54 Å². The number of unbranched alkanes of at least 4 members (excludes halogenated alkanes) is 2. The van der Waals surface area contributed by atoms with Crippen LogP contribution < -0.4 is 11.1 Å². The molecule has 0 aromatic carbocycles. The van der Waals surface area contributed by atoms with Crippen molar-refractivity contribution in [1.29, 1.82) is 0 Å². The first kappa shape index (κ1) is 13.5. The summed E-state index contributed by atoms with van der Waals surface area (Å²) in [5, 5.41) is 2.92. The minimum atomic E-state index is -0.660. The third kappa shape index (κ3) is 4.10. The normalized spacial score (nSPS) is 19.2. The molecule has 0 aromatic rings. The number of methoxy groups -OCH3 is 1. The molecule has 16 heavy (non-hydrogen) atoms. The highest BCUT2D eigenvalue weighted by Gasteiger charge is 2.43. The summed E-state index contributed by atoms with van der Waals surface area (Å²) in [4.78, 5) is 11.8. The molecule has 1 aliphatic carbocycles. The molecule has 1 amide bonds. The van der Waals surface area contributed by atoms with Gasteiger partial charge in [-0.05, 0) is 44.9 Å². The average molecular weight is 228 g/mol. The van der Waals surface area contributed by atoms with Gasteiger partial charge in [-0.25, -0.2) is 0 Å². The number of ether oxygens (including phenoxy) is 1. The maximum atomic E-state index is 11.8. The molecule has 0 aliphatic heterocycles. The van der Waals surface area contributed by atoms with Crippen molar-refractivity contribution in [2.24, 2.45) is 11.7 Å². The molecule has 4 nitrogen and oxygen atoms in total. The van der Waals surface area contributed by atoms with Crippen LogP contribution >= 0.6 is 0 Å². The molecule has 4 heteroatoms. The van der Waals surface area contributed by atoms with Crippen LogP contribution in [-0.4, -0.2) is 31.7 Å². The van der Waals surface area contributed by atoms with E-state index in [1.54, 1.807) is 7.11 Å². The number of nitrogens with two attached hydrogens (primary N) is 1. The van der Waals surface area contributed by atoms with Crippen molar-refractivity contribution in [3.8, 4) is 0 Å². The predicted octanol–water partition coefficient (Wildman–Crippen LogP) is 1.05. The molecule has 1 atom stereocenters. The third-order valence-corrected chi connectivity index (χ3v) is 3.23. The maximum absolute atomic E-state index is 11.8. The number of hydrogen-bond donors (Lipinski definition) is 2. The van der Waals surface area contributed by atoms with Crippen LogP contribution in [0.1, 0.15) is 39.0 Å². The highest BCUT2D eigenvalue weighted by Crippen LogP contribution is 2.38. The number of hydrogen-bond acceptors (Lipinski definition) is 3. The van der Waals surface area contributed by atoms with Crippen LogP contribution in [0.4, 0.5) is 0 Å². The first-order valence-electron chi connectivity index (χ1n) is 6.15. The molecule has 0 saturated heterocycles. The molecule has 1 rings (SSSR count). The Labute approximate surface area is 97.9 Å². The molecule has 3 N–H and O–H groups in total. The molecule has 0 aromatic heterocycles. The van der Waals surface area contributed by atoms with Crippen LogP contribution in [0.15, 0.2) is 0 Å². The molecule has 0 heterocycles. The quantitative estimate of drug-likeness (QED) is 0.610. The zero-order valence-electron chi connectivity index (χ0n) is 10.4. The highest BCUT2D eigenvalue weighted by molar-refractivity contribution is 5.86. The summed E-state index contributed by atoms with van der Waals surface area (Å²) < 4.78 is 4.96. The second-order valence-electron chi connectivity index (χ2n) is 4.87. The zero-order valence-corrected chi connectivity index (χ0v) is 10.4. The van der Waals surface area contributed by atoms with Gasteiger partial charge in [0.05, 0.1) is 5.54 Å². The smallest absolute Gasteiger partial charge is 0.240 e. The summed E-state index contributed by atoms with van der Waals surface area (Å²) in [5.74, 6) is 0.391. The van der Waals surface area contributed by atoms with Gasteiger partial charge in [-0.1, -0.05) is 0 Å². The second kappa shape index (κ2) is 6.21. The van der Waals surface area contributed by atoms with E-state index >= 15 is 0 Å². The van der Waals surface area contributed by atoms with Crippen LogP contribution in [0.2, 0.25) is 0 Å². The van der Waals surface area contributed by atoms with Crippen molar-refractivity contribution in [2.75, 3.05) is 20.3 Å². The third-order valence-electron chi connectivity index (χ3n) is 3.23. The molecule has 1 fully saturated rings. The molecular weight excluding hydrogens is 204 g/mol. The van der Waals surface area contributed by atoms with Gasteiger partial charge in [0.15, 0.2) is 0 Å². The van der Waals surface area contributed by atoms with Gasteiger partial charge >= 0.3 is 0 Å². The summed E-state index contributed by atoms with van der Waals surface area (Å²) in [6, 6.07) is 0. The van der Waals surface area contributed by atoms with Crippen molar-refractivity contribution in [3.63, 3.8) is 0 Å². The number of carbonyl (C=O) groups excluding carboxylic acids is 1. The largest absolute Gasteiger partial charge is 0.385 e. The lowest BCUT2D eigenvalue weighted by Crippen LogP contribution is -2.53. The number of nitrogens with one attached hydrogen (secondary N) is 1. The summed E-state index contributed by atoms with van der Waals surface area (Å²) in [7, 11) is 1.71. The average Bonchev–Trinajstić information content (AvgIpc) is 3.06. The molecule has 0 radical (unpaired) electrons. The summed E-state index contributed by atoms with van der Waals surface area (Å²) >= 11 is 0. The first-order valence-corrected chi connectivity index (χ1v) is 6.15. The van der Waals surface area contributed by atoms with Crippen LogP contribution in [0.3, 0.4) is 0 Å². The predicted molar refractivity (Wildman–Crippen MR) is 64.1 cm³/mol. The van der Waals surface area contributed by atoms with E-state index in [-0.39, 0.29) is 5.91 Å². The fourth-order valence-electron chi connectivity index (χ4n) is 1.81. The summed E-state index contributed by atoms with van der Waals surface area (Å²) in [6.07, 6.45) is 5.31. The number of rotatable bonds is 8. The SMILES string of the molecule is COCCCCCNC(=O)C(C)(N)C1CC1. The molecule has 1 saturated carbocycles. The fourth-order valence-corrected chi connectivity index (χ4v) is 1.81. The van der Waals surface area contributed by atoms with Crippen LogP contribution in [0.5, 0.6) is 0 Å². The molecule has 0 spiro atoms. The van der Waals surface area contributed by atoms with E-state index in [9.17, 15) is 4.79 Å². The van der Waals surface area contributed by atoms with E-state index in [0.717, 1.165) is 45.3 Å². The minimum absolute atomic E-state index is 0.00161. The molecule has 94 valence electrons. The lowest BCUT2D eigenvalue weighted by molar-refractivity contribution is -0.126. The molecule has 1 aliphatic rings. The van der Waals surface area contributed by atoms with Crippen molar-refractivity contribution in [2.45, 2.75) is 44.6 Å². The Morgan fingerprint density at radius 2 is 2.12 bits per heavy atom. The number of amides is 1. The Hall–Kier alpha value is -0.610. The Morgan fingerprint density at radius 3 is 2.69 bits per heavy atom. The van der Waals surface area contributed by atoms with E-state index in [1.165, 1.54) is 0 Å². The van der Waals surface area contributed by atoms with Crippen molar-refractivity contribution >= 4 is 5.91 Å². The van der Waals surface area contributed by atoms with Crippen LogP contribution in [0.25, 0.3) is 0 Å². The van der Waals surface area contributed by atoms with Gasteiger partial charge in [0.1, 0.15) is 0 Å². The van der Waals surface area contributed by atoms with E-state index in [2.05, 4.69) is 5.32 Å². The van der Waals surface area contributed by atoms with Crippen LogP contribution in [-0.2, 0) is 9.53 Å². The zero-order chi connectivity index (χ0) is 12.0. The summed E-state index contributed by atoms with van der Waals surface area (Å²) in [5.41, 5.74) is 5.34. The molecular formula is C12H24N2O2. The standard InChI is InChI=1S/C12H24N2O2/c1-12(13,10-6-7-10)11(15)14-8-4-3-5-9-16-2/h10H,3-9,13H2,1-2H3,(H,14,15). The monoisotopic (exact) mass is 228 g/mol. The number of carbonyl (C=O) groups is 1. The van der Waals surface area contributed by atoms with Gasteiger partial charge in [-0.3, -0.25) is 4.79 Å². The lowest BCUT2D eigenvalue weighted by atomic mass is 9.96. The fraction of sp³-hybridized carbons (Fsp3) is 0.917. The Kier molecular flexibility index (Phi) is 5.22. The van der Waals surface area contributed by atoms with Gasteiger partial charge in [-0.2, -0.15) is 0 Å². The Morgan fingerprint density at radius 1 is 1.44 bits per heavy atom. The molecule has 1 unspecified atom stereocenters. The van der Waals surface area contributed by atoms with Crippen molar-refractivity contribution in [3.05, 3.63) is 0 Å². The molecule has 0 bridgehead atoms. The summed E-state index contributed by atoms with van der Waals surface area (Å²) in [6.45, 7) is 3.36. The minimum Gasteiger partial charge on any atom is -0.385 e. The second-order valence-corrected chi connectivity index (χ2v) is 4.87. The van der Waals surface area contributed by atoms with E-state index in [4.69, 9.17) is 10.5 Å². The lowest BCUT2D eigenvalue weighted by Gasteiger charge is -2.23. The van der Waals surface area contributed by atoms with Gasteiger partial charge in [0.2, 0.25) is 5.91 Å². The first-order chi connectivity index (χ1) is 7.59. The maximum Gasteiger partial charge on any atom is 0.240 e. The van der Waals surface area contributed by atoms with Gasteiger partial charge < -0.3 is 15.8 Å². The topological polar surface area (TPSA) is 64.3 Å². The van der Waals surface area contributed by atoms with E-state index in [0.29, 0.717) is 5.92 Å².